The van der Waals surface area contributed by atoms with Crippen molar-refractivity contribution in [2.45, 2.75) is 53.2 Å². The predicted octanol–water partition coefficient (Wildman–Crippen LogP) is 4.81. The Balaban J connectivity index is 2.14. The highest BCUT2D eigenvalue weighted by molar-refractivity contribution is 5.94. The zero-order valence-electron chi connectivity index (χ0n) is 16.4. The van der Waals surface area contributed by atoms with E-state index in [-0.39, 0.29) is 11.9 Å². The van der Waals surface area contributed by atoms with Crippen LogP contribution < -0.4 is 14.8 Å². The molecule has 0 heterocycles. The van der Waals surface area contributed by atoms with Crippen LogP contribution in [-0.4, -0.2) is 19.1 Å². The van der Waals surface area contributed by atoms with E-state index in [9.17, 15) is 4.79 Å². The van der Waals surface area contributed by atoms with Crippen molar-refractivity contribution in [3.8, 4) is 11.5 Å². The number of hydrogen-bond donors (Lipinski definition) is 1. The first-order valence-corrected chi connectivity index (χ1v) is 9.11. The summed E-state index contributed by atoms with van der Waals surface area (Å²) in [7, 11) is 1.62. The summed E-state index contributed by atoms with van der Waals surface area (Å²) < 4.78 is 11.4. The molecular formula is C22H29NO3. The molecule has 2 aromatic carbocycles. The monoisotopic (exact) mass is 355 g/mol. The fourth-order valence-electron chi connectivity index (χ4n) is 3.02. The minimum atomic E-state index is -0.0683. The summed E-state index contributed by atoms with van der Waals surface area (Å²) >= 11 is 0. The van der Waals surface area contributed by atoms with Crippen molar-refractivity contribution in [3.63, 3.8) is 0 Å². The lowest BCUT2D eigenvalue weighted by Crippen LogP contribution is -2.32. The lowest BCUT2D eigenvalue weighted by molar-refractivity contribution is 0.0938. The molecule has 26 heavy (non-hydrogen) atoms. The maximum Gasteiger partial charge on any atom is 0.251 e. The molecule has 0 saturated heterocycles. The molecule has 0 aromatic heterocycles. The number of rotatable bonds is 8. The first-order chi connectivity index (χ1) is 12.4. The Hall–Kier alpha value is -2.49. The van der Waals surface area contributed by atoms with Gasteiger partial charge >= 0.3 is 0 Å². The van der Waals surface area contributed by atoms with E-state index in [1.165, 1.54) is 0 Å². The molecule has 140 valence electrons. The predicted molar refractivity (Wildman–Crippen MR) is 105 cm³/mol. The first-order valence-electron chi connectivity index (χ1n) is 9.11. The lowest BCUT2D eigenvalue weighted by Gasteiger charge is -2.15. The number of ether oxygens (including phenoxy) is 2. The number of nitrogens with one attached hydrogen (secondary N) is 1. The molecule has 0 spiro atoms. The van der Waals surface area contributed by atoms with E-state index in [1.54, 1.807) is 13.2 Å². The molecule has 4 nitrogen and oxygen atoms in total. The summed E-state index contributed by atoms with van der Waals surface area (Å²) in [5, 5.41) is 3.03. The van der Waals surface area contributed by atoms with Gasteiger partial charge in [0.05, 0.1) is 7.11 Å². The number of hydrogen-bond acceptors (Lipinski definition) is 3. The number of carbonyl (C=O) groups excluding carboxylic acids is 1. The lowest BCUT2D eigenvalue weighted by atomic mass is 10.1. The summed E-state index contributed by atoms with van der Waals surface area (Å²) in [6, 6.07) is 11.7. The molecule has 1 atom stereocenters. The summed E-state index contributed by atoms with van der Waals surface area (Å²) in [5.41, 5.74) is 3.78. The smallest absolute Gasteiger partial charge is 0.251 e. The van der Waals surface area contributed by atoms with Gasteiger partial charge in [-0.25, -0.2) is 0 Å². The van der Waals surface area contributed by atoms with Crippen LogP contribution in [0.15, 0.2) is 36.4 Å². The fraction of sp³-hybridized carbons (Fsp3) is 0.409. The molecule has 0 aliphatic rings. The molecule has 0 fully saturated rings. The van der Waals surface area contributed by atoms with Crippen LogP contribution in [0.3, 0.4) is 0 Å². The Morgan fingerprint density at radius 3 is 2.42 bits per heavy atom. The number of amides is 1. The molecule has 0 bridgehead atoms. The van der Waals surface area contributed by atoms with Crippen LogP contribution in [0, 0.1) is 13.8 Å². The summed E-state index contributed by atoms with van der Waals surface area (Å²) in [5.74, 6) is 1.46. The molecule has 0 radical (unpaired) electrons. The molecule has 1 amide bonds. The van der Waals surface area contributed by atoms with Crippen LogP contribution in [-0.2, 0) is 6.61 Å². The zero-order valence-corrected chi connectivity index (χ0v) is 16.4. The normalized spacial score (nSPS) is 11.7. The van der Waals surface area contributed by atoms with Crippen LogP contribution in [0.25, 0.3) is 0 Å². The van der Waals surface area contributed by atoms with Gasteiger partial charge in [-0.2, -0.15) is 0 Å². The molecule has 1 unspecified atom stereocenters. The van der Waals surface area contributed by atoms with E-state index in [0.717, 1.165) is 35.3 Å². The van der Waals surface area contributed by atoms with Gasteiger partial charge in [0.2, 0.25) is 0 Å². The van der Waals surface area contributed by atoms with Gasteiger partial charge in [-0.05, 0) is 68.7 Å². The van der Waals surface area contributed by atoms with Crippen molar-refractivity contribution >= 4 is 5.91 Å². The molecule has 4 heteroatoms. The minimum absolute atomic E-state index is 0.0683. The Morgan fingerprint density at radius 2 is 1.81 bits per heavy atom. The summed E-state index contributed by atoms with van der Waals surface area (Å²) in [4.78, 5) is 12.5. The molecule has 1 N–H and O–H groups in total. The number of benzene rings is 2. The van der Waals surface area contributed by atoms with Crippen molar-refractivity contribution in [2.24, 2.45) is 0 Å². The molecule has 0 saturated carbocycles. The van der Waals surface area contributed by atoms with E-state index < -0.39 is 0 Å². The standard InChI is InChI=1S/C22H29NO3/c1-6-7-17(4)23-22(24)18-8-9-21(25-5)19(13-18)14-26-20-11-15(2)10-16(3)12-20/h8-13,17H,6-7,14H2,1-5H3,(H,23,24). The molecule has 0 aliphatic carbocycles. The van der Waals surface area contributed by atoms with Gasteiger partial charge < -0.3 is 14.8 Å². The van der Waals surface area contributed by atoms with Crippen LogP contribution in [0.1, 0.15) is 53.7 Å². The third kappa shape index (κ3) is 5.51. The minimum Gasteiger partial charge on any atom is -0.496 e. The highest BCUT2D eigenvalue weighted by Crippen LogP contribution is 2.23. The van der Waals surface area contributed by atoms with E-state index in [0.29, 0.717) is 17.9 Å². The van der Waals surface area contributed by atoms with Gasteiger partial charge in [-0.15, -0.1) is 0 Å². The Kier molecular flexibility index (Phi) is 7.07. The third-order valence-electron chi connectivity index (χ3n) is 4.23. The highest BCUT2D eigenvalue weighted by Gasteiger charge is 2.13. The van der Waals surface area contributed by atoms with E-state index in [4.69, 9.17) is 9.47 Å². The van der Waals surface area contributed by atoms with Crippen molar-refractivity contribution in [3.05, 3.63) is 58.7 Å². The number of aryl methyl sites for hydroxylation is 2. The van der Waals surface area contributed by atoms with Gasteiger partial charge in [0.15, 0.2) is 0 Å². The first kappa shape index (κ1) is 19.8. The average Bonchev–Trinajstić information content (AvgIpc) is 2.59. The Labute approximate surface area is 156 Å². The van der Waals surface area contributed by atoms with Crippen molar-refractivity contribution in [2.75, 3.05) is 7.11 Å². The van der Waals surface area contributed by atoms with Crippen molar-refractivity contribution < 1.29 is 14.3 Å². The SMILES string of the molecule is CCCC(C)NC(=O)c1ccc(OC)c(COc2cc(C)cc(C)c2)c1. The molecule has 2 aromatic rings. The Morgan fingerprint density at radius 1 is 1.12 bits per heavy atom. The summed E-state index contributed by atoms with van der Waals surface area (Å²) in [6.45, 7) is 8.57. The van der Waals surface area contributed by atoms with Crippen LogP contribution in [0.4, 0.5) is 0 Å². The quantitative estimate of drug-likeness (QED) is 0.739. The zero-order chi connectivity index (χ0) is 19.1. The Bertz CT molecular complexity index is 735. The molecule has 2 rings (SSSR count). The topological polar surface area (TPSA) is 47.6 Å². The van der Waals surface area contributed by atoms with Gasteiger partial charge in [-0.3, -0.25) is 4.79 Å². The maximum absolute atomic E-state index is 12.5. The largest absolute Gasteiger partial charge is 0.496 e. The molecular weight excluding hydrogens is 326 g/mol. The van der Waals surface area contributed by atoms with E-state index in [2.05, 4.69) is 18.3 Å². The second kappa shape index (κ2) is 9.27. The second-order valence-corrected chi connectivity index (χ2v) is 6.80. The second-order valence-electron chi connectivity index (χ2n) is 6.80. The number of carbonyl (C=O) groups is 1. The van der Waals surface area contributed by atoms with Crippen LogP contribution in [0.5, 0.6) is 11.5 Å². The highest BCUT2D eigenvalue weighted by atomic mass is 16.5. The van der Waals surface area contributed by atoms with Crippen molar-refractivity contribution in [1.29, 1.82) is 0 Å². The molecule has 0 aliphatic heterocycles. The van der Waals surface area contributed by atoms with Gasteiger partial charge in [0.1, 0.15) is 18.1 Å². The average molecular weight is 355 g/mol. The number of methoxy groups -OCH3 is 1. The van der Waals surface area contributed by atoms with Gasteiger partial charge in [-0.1, -0.05) is 19.4 Å². The van der Waals surface area contributed by atoms with E-state index in [1.807, 2.05) is 45.0 Å². The van der Waals surface area contributed by atoms with Crippen molar-refractivity contribution in [1.82, 2.24) is 5.32 Å². The third-order valence-corrected chi connectivity index (χ3v) is 4.23. The van der Waals surface area contributed by atoms with Gasteiger partial charge in [0, 0.05) is 17.2 Å². The van der Waals surface area contributed by atoms with Gasteiger partial charge in [0.25, 0.3) is 5.91 Å². The summed E-state index contributed by atoms with van der Waals surface area (Å²) in [6.07, 6.45) is 2.00. The maximum atomic E-state index is 12.5. The van der Waals surface area contributed by atoms with E-state index >= 15 is 0 Å². The van der Waals surface area contributed by atoms with Crippen LogP contribution >= 0.6 is 0 Å². The fourth-order valence-corrected chi connectivity index (χ4v) is 3.02. The van der Waals surface area contributed by atoms with Crippen LogP contribution in [0.2, 0.25) is 0 Å².